The molecular weight excluding hydrogens is 310 g/mol. The Bertz CT molecular complexity index is 669. The number of hydrogen-bond acceptors (Lipinski definition) is 5. The van der Waals surface area contributed by atoms with Crippen LogP contribution in [0.3, 0.4) is 0 Å². The van der Waals surface area contributed by atoms with Crippen LogP contribution in [-0.4, -0.2) is 36.7 Å². The summed E-state index contributed by atoms with van der Waals surface area (Å²) >= 11 is 1.64. The van der Waals surface area contributed by atoms with Crippen LogP contribution in [0.5, 0.6) is 0 Å². The number of aromatic nitrogens is 1. The number of amides is 1. The van der Waals surface area contributed by atoms with E-state index in [-0.39, 0.29) is 18.1 Å². The highest BCUT2D eigenvalue weighted by Crippen LogP contribution is 2.27. The lowest BCUT2D eigenvalue weighted by molar-refractivity contribution is -0.123. The maximum absolute atomic E-state index is 12.1. The van der Waals surface area contributed by atoms with E-state index < -0.39 is 0 Å². The molecule has 6 heteroatoms. The molecule has 0 aliphatic carbocycles. The van der Waals surface area contributed by atoms with Gasteiger partial charge >= 0.3 is 0 Å². The summed E-state index contributed by atoms with van der Waals surface area (Å²) in [7, 11) is 1.68. The van der Waals surface area contributed by atoms with Crippen molar-refractivity contribution in [2.75, 3.05) is 13.7 Å². The lowest BCUT2D eigenvalue weighted by atomic mass is 10.1. The van der Waals surface area contributed by atoms with Crippen LogP contribution in [0.15, 0.2) is 29.8 Å². The number of carbonyl (C=O) groups is 1. The van der Waals surface area contributed by atoms with Gasteiger partial charge in [0.1, 0.15) is 0 Å². The number of nitrogens with zero attached hydrogens (tertiary/aromatic N) is 1. The molecule has 2 N–H and O–H groups in total. The van der Waals surface area contributed by atoms with E-state index in [1.165, 1.54) is 10.4 Å². The molecule has 1 aliphatic heterocycles. The molecule has 2 heterocycles. The molecule has 1 aromatic heterocycles. The third kappa shape index (κ3) is 3.77. The number of carbonyl (C=O) groups excluding carboxylic acids is 1. The largest absolute Gasteiger partial charge is 0.380 e. The average Bonchev–Trinajstić information content (AvgIpc) is 3.22. The molecule has 1 amide bonds. The van der Waals surface area contributed by atoms with Crippen LogP contribution in [0.25, 0.3) is 10.4 Å². The van der Waals surface area contributed by atoms with Crippen molar-refractivity contribution in [1.82, 2.24) is 15.6 Å². The number of nitrogens with one attached hydrogen (secondary N) is 2. The number of hydrogen-bond donors (Lipinski definition) is 2. The average molecular weight is 331 g/mol. The zero-order valence-electron chi connectivity index (χ0n) is 13.3. The molecule has 0 unspecified atom stereocenters. The van der Waals surface area contributed by atoms with Gasteiger partial charge in [-0.3, -0.25) is 4.79 Å². The molecule has 122 valence electrons. The van der Waals surface area contributed by atoms with E-state index in [9.17, 15) is 4.79 Å². The van der Waals surface area contributed by atoms with Crippen molar-refractivity contribution in [2.24, 2.45) is 0 Å². The number of aryl methyl sites for hydroxylation is 1. The van der Waals surface area contributed by atoms with Crippen molar-refractivity contribution >= 4 is 17.2 Å². The van der Waals surface area contributed by atoms with E-state index >= 15 is 0 Å². The lowest BCUT2D eigenvalue weighted by Crippen LogP contribution is -2.39. The molecule has 3 rings (SSSR count). The highest BCUT2D eigenvalue weighted by Gasteiger charge is 2.28. The van der Waals surface area contributed by atoms with E-state index in [1.54, 1.807) is 18.4 Å². The van der Waals surface area contributed by atoms with Crippen molar-refractivity contribution in [3.8, 4) is 10.4 Å². The third-order valence-electron chi connectivity index (χ3n) is 4.17. The number of ether oxygens (including phenoxy) is 1. The smallest absolute Gasteiger partial charge is 0.237 e. The molecule has 5 nitrogen and oxygen atoms in total. The van der Waals surface area contributed by atoms with Crippen molar-refractivity contribution in [3.05, 3.63) is 41.0 Å². The Hall–Kier alpha value is -1.76. The van der Waals surface area contributed by atoms with Gasteiger partial charge < -0.3 is 15.4 Å². The highest BCUT2D eigenvalue weighted by atomic mass is 32.1. The van der Waals surface area contributed by atoms with Gasteiger partial charge in [0.05, 0.1) is 28.2 Å². The summed E-state index contributed by atoms with van der Waals surface area (Å²) in [5.74, 6) is 0.0342. The molecule has 2 aromatic rings. The number of thiazole rings is 1. The van der Waals surface area contributed by atoms with Crippen molar-refractivity contribution in [3.63, 3.8) is 0 Å². The Balaban J connectivity index is 1.55. The maximum Gasteiger partial charge on any atom is 0.237 e. The summed E-state index contributed by atoms with van der Waals surface area (Å²) in [6.45, 7) is 3.29. The molecule has 1 aliphatic rings. The Morgan fingerprint density at radius 1 is 1.43 bits per heavy atom. The number of methoxy groups -OCH3 is 1. The van der Waals surface area contributed by atoms with E-state index in [4.69, 9.17) is 4.74 Å². The topological polar surface area (TPSA) is 63.2 Å². The van der Waals surface area contributed by atoms with Crippen LogP contribution in [0.2, 0.25) is 0 Å². The first-order valence-electron chi connectivity index (χ1n) is 7.70. The predicted octanol–water partition coefficient (Wildman–Crippen LogP) is 2.11. The van der Waals surface area contributed by atoms with Gasteiger partial charge in [0, 0.05) is 20.2 Å². The molecule has 0 saturated carbocycles. The van der Waals surface area contributed by atoms with Gasteiger partial charge in [0.2, 0.25) is 5.91 Å². The Kier molecular flexibility index (Phi) is 5.05. The van der Waals surface area contributed by atoms with Crippen LogP contribution in [0.1, 0.15) is 17.7 Å². The first kappa shape index (κ1) is 16.1. The van der Waals surface area contributed by atoms with Gasteiger partial charge in [-0.05, 0) is 24.5 Å². The zero-order valence-corrected chi connectivity index (χ0v) is 14.2. The molecule has 2 atom stereocenters. The van der Waals surface area contributed by atoms with Crippen LogP contribution in [-0.2, 0) is 16.1 Å². The lowest BCUT2D eigenvalue weighted by Gasteiger charge is -2.11. The molecule has 1 aromatic carbocycles. The first-order valence-corrected chi connectivity index (χ1v) is 8.58. The van der Waals surface area contributed by atoms with Crippen molar-refractivity contribution < 1.29 is 9.53 Å². The van der Waals surface area contributed by atoms with Gasteiger partial charge in [-0.25, -0.2) is 4.98 Å². The third-order valence-corrected chi connectivity index (χ3v) is 5.15. The number of rotatable bonds is 5. The van der Waals surface area contributed by atoms with Crippen LogP contribution in [0, 0.1) is 6.92 Å². The van der Waals surface area contributed by atoms with E-state index in [0.29, 0.717) is 6.54 Å². The molecule has 23 heavy (non-hydrogen) atoms. The minimum absolute atomic E-state index is 0.0342. The molecule has 1 fully saturated rings. The monoisotopic (exact) mass is 331 g/mol. The van der Waals surface area contributed by atoms with Crippen LogP contribution in [0.4, 0.5) is 0 Å². The molecule has 0 radical (unpaired) electrons. The quantitative estimate of drug-likeness (QED) is 0.881. The van der Waals surface area contributed by atoms with Gasteiger partial charge in [-0.1, -0.05) is 24.3 Å². The first-order chi connectivity index (χ1) is 11.2. The second-order valence-electron chi connectivity index (χ2n) is 5.74. The second-order valence-corrected chi connectivity index (χ2v) is 6.59. The summed E-state index contributed by atoms with van der Waals surface area (Å²) in [5, 5.41) is 6.17. The fourth-order valence-electron chi connectivity index (χ4n) is 2.75. The van der Waals surface area contributed by atoms with Crippen molar-refractivity contribution in [1.29, 1.82) is 0 Å². The fraction of sp³-hybridized carbons (Fsp3) is 0.412. The Morgan fingerprint density at radius 3 is 2.83 bits per heavy atom. The van der Waals surface area contributed by atoms with Crippen molar-refractivity contribution in [2.45, 2.75) is 32.0 Å². The predicted molar refractivity (Wildman–Crippen MR) is 91.3 cm³/mol. The second kappa shape index (κ2) is 7.21. The van der Waals surface area contributed by atoms with Gasteiger partial charge in [-0.15, -0.1) is 11.3 Å². The summed E-state index contributed by atoms with van der Waals surface area (Å²) in [6.07, 6.45) is 0.860. The summed E-state index contributed by atoms with van der Waals surface area (Å²) in [5.41, 5.74) is 5.17. The van der Waals surface area contributed by atoms with Gasteiger partial charge in [0.15, 0.2) is 0 Å². The van der Waals surface area contributed by atoms with E-state index in [1.807, 2.05) is 12.4 Å². The zero-order chi connectivity index (χ0) is 16.2. The Labute approximate surface area is 140 Å². The molecular formula is C17H21N3O2S. The van der Waals surface area contributed by atoms with Gasteiger partial charge in [-0.2, -0.15) is 0 Å². The standard InChI is InChI=1S/C17H21N3O2S/c1-11-16(23-10-20-11)13-5-3-12(4-6-13)8-19-17(21)15-7-14(22-2)9-18-15/h3-6,10,14-15,18H,7-9H2,1-2H3,(H,19,21)/t14-,15+/m1/s1. The number of benzene rings is 1. The minimum atomic E-state index is -0.154. The van der Waals surface area contributed by atoms with Crippen LogP contribution >= 0.6 is 11.3 Å². The highest BCUT2D eigenvalue weighted by molar-refractivity contribution is 7.13. The van der Waals surface area contributed by atoms with Crippen LogP contribution < -0.4 is 10.6 Å². The fourth-order valence-corrected chi connectivity index (χ4v) is 3.56. The molecule has 1 saturated heterocycles. The van der Waals surface area contributed by atoms with Gasteiger partial charge in [0.25, 0.3) is 0 Å². The summed E-state index contributed by atoms with van der Waals surface area (Å²) < 4.78 is 5.27. The summed E-state index contributed by atoms with van der Waals surface area (Å²) in [6, 6.07) is 8.11. The Morgan fingerprint density at radius 2 is 2.22 bits per heavy atom. The maximum atomic E-state index is 12.1. The molecule has 0 spiro atoms. The van der Waals surface area contributed by atoms with E-state index in [0.717, 1.165) is 24.2 Å². The summed E-state index contributed by atoms with van der Waals surface area (Å²) in [4.78, 5) is 17.6. The SMILES string of the molecule is CO[C@H]1CN[C@H](C(=O)NCc2ccc(-c3scnc3C)cc2)C1. The molecule has 0 bridgehead atoms. The normalized spacial score (nSPS) is 20.6. The van der Waals surface area contributed by atoms with E-state index in [2.05, 4.69) is 39.9 Å². The minimum Gasteiger partial charge on any atom is -0.380 e.